The van der Waals surface area contributed by atoms with Gasteiger partial charge in [0.2, 0.25) is 24.1 Å². The Labute approximate surface area is 230 Å². The topological polar surface area (TPSA) is 108 Å². The van der Waals surface area contributed by atoms with Crippen LogP contribution in [0.15, 0.2) is 60.2 Å². The Balaban J connectivity index is 1.78. The molecule has 0 unspecified atom stereocenters. The van der Waals surface area contributed by atoms with Crippen molar-refractivity contribution in [2.75, 3.05) is 32.6 Å². The third-order valence-electron chi connectivity index (χ3n) is 7.00. The molecular weight excluding hydrogens is 496 g/mol. The molecule has 2 N–H and O–H groups in total. The Morgan fingerprint density at radius 3 is 2.49 bits per heavy atom. The van der Waals surface area contributed by atoms with E-state index in [9.17, 15) is 19.2 Å². The number of ether oxygens (including phenoxy) is 1. The molecule has 0 saturated carbocycles. The maximum absolute atomic E-state index is 13.5. The van der Waals surface area contributed by atoms with Gasteiger partial charge in [-0.05, 0) is 48.9 Å². The first-order chi connectivity index (χ1) is 18.7. The van der Waals surface area contributed by atoms with Gasteiger partial charge in [0, 0.05) is 19.2 Å². The molecule has 1 aliphatic rings. The molecule has 0 aliphatic carbocycles. The molecule has 1 saturated heterocycles. The molecule has 208 valence electrons. The van der Waals surface area contributed by atoms with Gasteiger partial charge in [-0.3, -0.25) is 19.2 Å². The Bertz CT molecular complexity index is 1210. The van der Waals surface area contributed by atoms with E-state index in [1.165, 1.54) is 4.90 Å². The van der Waals surface area contributed by atoms with Crippen molar-refractivity contribution in [3.8, 4) is 16.9 Å². The van der Waals surface area contributed by atoms with Crippen LogP contribution < -0.4 is 15.4 Å². The van der Waals surface area contributed by atoms with Crippen LogP contribution in [0, 0.1) is 5.92 Å². The monoisotopic (exact) mass is 534 g/mol. The van der Waals surface area contributed by atoms with E-state index in [0.29, 0.717) is 42.8 Å². The number of nitrogens with zero attached hydrogens (tertiary/aromatic N) is 2. The third-order valence-corrected chi connectivity index (χ3v) is 7.00. The van der Waals surface area contributed by atoms with Crippen LogP contribution in [-0.4, -0.2) is 73.3 Å². The molecule has 9 heteroatoms. The van der Waals surface area contributed by atoms with Gasteiger partial charge in [0.05, 0.1) is 25.4 Å². The normalized spacial score (nSPS) is 16.0. The molecule has 0 spiro atoms. The largest absolute Gasteiger partial charge is 0.495 e. The summed E-state index contributed by atoms with van der Waals surface area (Å²) in [6, 6.07) is 14.5. The van der Waals surface area contributed by atoms with Crippen LogP contribution in [0.1, 0.15) is 33.6 Å². The highest BCUT2D eigenvalue weighted by molar-refractivity contribution is 6.02. The van der Waals surface area contributed by atoms with E-state index < -0.39 is 6.04 Å². The van der Waals surface area contributed by atoms with Gasteiger partial charge in [0.1, 0.15) is 11.8 Å². The van der Waals surface area contributed by atoms with Crippen molar-refractivity contribution in [2.24, 2.45) is 5.92 Å². The quantitative estimate of drug-likeness (QED) is 0.339. The second kappa shape index (κ2) is 13.6. The first kappa shape index (κ1) is 29.4. The number of carbonyl (C=O) groups excluding carboxylic acids is 4. The zero-order valence-corrected chi connectivity index (χ0v) is 23.3. The second-order valence-electron chi connectivity index (χ2n) is 10.0. The zero-order chi connectivity index (χ0) is 28.5. The van der Waals surface area contributed by atoms with E-state index in [-0.39, 0.29) is 36.2 Å². The molecule has 0 aromatic heterocycles. The molecule has 2 atom stereocenters. The van der Waals surface area contributed by atoms with E-state index >= 15 is 0 Å². The Hall–Kier alpha value is -4.14. The van der Waals surface area contributed by atoms with Crippen molar-refractivity contribution in [3.05, 3.63) is 60.2 Å². The summed E-state index contributed by atoms with van der Waals surface area (Å²) in [7, 11) is 3.20. The Morgan fingerprint density at radius 1 is 1.13 bits per heavy atom. The number of rotatable bonds is 11. The highest BCUT2D eigenvalue weighted by Gasteiger charge is 2.35. The lowest BCUT2D eigenvalue weighted by Gasteiger charge is -2.30. The van der Waals surface area contributed by atoms with Crippen LogP contribution >= 0.6 is 0 Å². The lowest BCUT2D eigenvalue weighted by atomic mass is 9.99. The van der Waals surface area contributed by atoms with Gasteiger partial charge in [-0.25, -0.2) is 0 Å². The molecule has 4 amide bonds. The minimum absolute atomic E-state index is 0.0277. The molecular formula is C30H38N4O5. The van der Waals surface area contributed by atoms with Gasteiger partial charge in [-0.15, -0.1) is 0 Å². The molecule has 0 bridgehead atoms. The number of likely N-dealkylation sites (N-methyl/N-ethyl adjacent to an activating group) is 1. The maximum Gasteiger partial charge on any atom is 0.249 e. The fraction of sp³-hybridized carbons (Fsp3) is 0.400. The van der Waals surface area contributed by atoms with Crippen molar-refractivity contribution >= 4 is 29.8 Å². The summed E-state index contributed by atoms with van der Waals surface area (Å²) < 4.78 is 5.48. The number of hydrogen-bond donors (Lipinski definition) is 2. The van der Waals surface area contributed by atoms with Gasteiger partial charge >= 0.3 is 0 Å². The van der Waals surface area contributed by atoms with Crippen molar-refractivity contribution < 1.29 is 23.9 Å². The average molecular weight is 535 g/mol. The number of hydrogen-bond acceptors (Lipinski definition) is 5. The van der Waals surface area contributed by atoms with Crippen LogP contribution in [0.4, 0.5) is 5.69 Å². The molecule has 3 rings (SSSR count). The van der Waals surface area contributed by atoms with Gasteiger partial charge in [0.15, 0.2) is 0 Å². The summed E-state index contributed by atoms with van der Waals surface area (Å²) in [5, 5.41) is 5.37. The summed E-state index contributed by atoms with van der Waals surface area (Å²) in [5.41, 5.74) is 2.95. The van der Waals surface area contributed by atoms with Gasteiger partial charge in [-0.2, -0.15) is 0 Å². The predicted molar refractivity (Wildman–Crippen MR) is 151 cm³/mol. The van der Waals surface area contributed by atoms with E-state index in [1.807, 2.05) is 62.4 Å². The molecule has 1 fully saturated rings. The number of benzene rings is 2. The standard InChI is InChI=1S/C30H38N4O5/c1-20(2)26(33(4)28(36)18-31-19-35)16-21(3)30(38)34-15-9-12-25(34)29(37)32-24-17-23(13-14-27(24)39-5)22-10-7-6-8-11-22/h6-8,10-11,13-14,16-17,19-20,25-26H,9,12,15,18H2,1-5H3,(H,31,35)(H,32,37)/t25-,26+/m0/s1. The Kier molecular flexibility index (Phi) is 10.3. The maximum atomic E-state index is 13.5. The van der Waals surface area contributed by atoms with E-state index in [4.69, 9.17) is 4.74 Å². The summed E-state index contributed by atoms with van der Waals surface area (Å²) >= 11 is 0. The minimum Gasteiger partial charge on any atom is -0.495 e. The lowest BCUT2D eigenvalue weighted by molar-refractivity contribution is -0.133. The van der Waals surface area contributed by atoms with Crippen LogP contribution in [0.3, 0.4) is 0 Å². The van der Waals surface area contributed by atoms with Gasteiger partial charge in [0.25, 0.3) is 0 Å². The second-order valence-corrected chi connectivity index (χ2v) is 10.0. The minimum atomic E-state index is -0.625. The lowest BCUT2D eigenvalue weighted by Crippen LogP contribution is -2.45. The predicted octanol–water partition coefficient (Wildman–Crippen LogP) is 3.47. The molecule has 2 aromatic carbocycles. The van der Waals surface area contributed by atoms with Crippen LogP contribution in [-0.2, 0) is 19.2 Å². The van der Waals surface area contributed by atoms with Crippen molar-refractivity contribution in [3.63, 3.8) is 0 Å². The molecule has 39 heavy (non-hydrogen) atoms. The highest BCUT2D eigenvalue weighted by Crippen LogP contribution is 2.32. The molecule has 2 aromatic rings. The van der Waals surface area contributed by atoms with Crippen LogP contribution in [0.5, 0.6) is 5.75 Å². The number of amides is 4. The number of methoxy groups -OCH3 is 1. The molecule has 1 aliphatic heterocycles. The average Bonchev–Trinajstić information content (AvgIpc) is 3.44. The SMILES string of the molecule is COc1ccc(-c2ccccc2)cc1NC(=O)[C@@H]1CCCN1C(=O)C(C)=C[C@H](C(C)C)N(C)C(=O)CNC=O. The number of carbonyl (C=O) groups is 4. The molecule has 9 nitrogen and oxygen atoms in total. The summed E-state index contributed by atoms with van der Waals surface area (Å²) in [6.45, 7) is 5.97. The molecule has 0 radical (unpaired) electrons. The molecule has 1 heterocycles. The smallest absolute Gasteiger partial charge is 0.249 e. The summed E-state index contributed by atoms with van der Waals surface area (Å²) in [5.74, 6) is -0.214. The highest BCUT2D eigenvalue weighted by atomic mass is 16.5. The first-order valence-corrected chi connectivity index (χ1v) is 13.1. The van der Waals surface area contributed by atoms with E-state index in [0.717, 1.165) is 11.1 Å². The van der Waals surface area contributed by atoms with Crippen molar-refractivity contribution in [1.82, 2.24) is 15.1 Å². The van der Waals surface area contributed by atoms with Gasteiger partial charge in [-0.1, -0.05) is 56.3 Å². The van der Waals surface area contributed by atoms with Gasteiger partial charge < -0.3 is 25.2 Å². The summed E-state index contributed by atoms with van der Waals surface area (Å²) in [6.07, 6.45) is 3.51. The van der Waals surface area contributed by atoms with Crippen molar-refractivity contribution in [1.29, 1.82) is 0 Å². The van der Waals surface area contributed by atoms with Crippen LogP contribution in [0.2, 0.25) is 0 Å². The van der Waals surface area contributed by atoms with Crippen molar-refractivity contribution in [2.45, 2.75) is 45.7 Å². The first-order valence-electron chi connectivity index (χ1n) is 13.1. The fourth-order valence-corrected chi connectivity index (χ4v) is 4.84. The Morgan fingerprint density at radius 2 is 1.85 bits per heavy atom. The summed E-state index contributed by atoms with van der Waals surface area (Å²) in [4.78, 5) is 53.1. The fourth-order valence-electron chi connectivity index (χ4n) is 4.84. The zero-order valence-electron chi connectivity index (χ0n) is 23.3. The van der Waals surface area contributed by atoms with E-state index in [1.54, 1.807) is 32.1 Å². The number of anilines is 1. The number of likely N-dealkylation sites (tertiary alicyclic amines) is 1. The van der Waals surface area contributed by atoms with Crippen LogP contribution in [0.25, 0.3) is 11.1 Å². The third kappa shape index (κ3) is 7.25. The van der Waals surface area contributed by atoms with E-state index in [2.05, 4.69) is 10.6 Å². The number of nitrogens with one attached hydrogen (secondary N) is 2.